The maximum absolute atomic E-state index is 4.08. The molecule has 1 fully saturated rings. The van der Waals surface area contributed by atoms with Crippen LogP contribution in [0.1, 0.15) is 44.9 Å². The third kappa shape index (κ3) is 3.48. The van der Waals surface area contributed by atoms with Crippen LogP contribution in [0, 0.1) is 0 Å². The highest BCUT2D eigenvalue weighted by atomic mass is 79.9. The molecule has 0 spiro atoms. The van der Waals surface area contributed by atoms with Gasteiger partial charge >= 0.3 is 0 Å². The minimum absolute atomic E-state index is 0.638. The number of hydrogen-bond donors (Lipinski definition) is 1. The first-order chi connectivity index (χ1) is 7.86. The smallest absolute Gasteiger partial charge is 0.0590 e. The first-order valence-corrected chi connectivity index (χ1v) is 7.01. The highest BCUT2D eigenvalue weighted by Gasteiger charge is 2.11. The summed E-state index contributed by atoms with van der Waals surface area (Å²) in [4.78, 5) is 4.08. The standard InChI is InChI=1S/C13H19BrN2/c14-12-10-15-9-8-13(12)16-11-6-4-2-1-3-5-7-11/h8-11H,1-7H2,(H,15,16). The van der Waals surface area contributed by atoms with Crippen molar-refractivity contribution in [1.29, 1.82) is 0 Å². The van der Waals surface area contributed by atoms with Gasteiger partial charge in [-0.2, -0.15) is 0 Å². The summed E-state index contributed by atoms with van der Waals surface area (Å²) < 4.78 is 1.07. The molecule has 1 aromatic heterocycles. The maximum Gasteiger partial charge on any atom is 0.0590 e. The number of hydrogen-bond acceptors (Lipinski definition) is 2. The SMILES string of the molecule is Brc1cnccc1NC1CCCCCCC1. The van der Waals surface area contributed by atoms with Gasteiger partial charge in [0.25, 0.3) is 0 Å². The van der Waals surface area contributed by atoms with E-state index in [-0.39, 0.29) is 0 Å². The number of nitrogens with zero attached hydrogens (tertiary/aromatic N) is 1. The van der Waals surface area contributed by atoms with Gasteiger partial charge in [0, 0.05) is 18.4 Å². The monoisotopic (exact) mass is 282 g/mol. The number of rotatable bonds is 2. The van der Waals surface area contributed by atoms with Crippen LogP contribution < -0.4 is 5.32 Å². The average Bonchev–Trinajstić information content (AvgIpc) is 2.24. The molecule has 1 aliphatic rings. The lowest BCUT2D eigenvalue weighted by Crippen LogP contribution is -2.20. The quantitative estimate of drug-likeness (QED) is 0.871. The van der Waals surface area contributed by atoms with E-state index in [0.717, 1.165) is 4.47 Å². The lowest BCUT2D eigenvalue weighted by atomic mass is 9.96. The Morgan fingerprint density at radius 3 is 2.50 bits per heavy atom. The van der Waals surface area contributed by atoms with Crippen molar-refractivity contribution in [3.63, 3.8) is 0 Å². The van der Waals surface area contributed by atoms with Crippen molar-refractivity contribution in [2.24, 2.45) is 0 Å². The summed E-state index contributed by atoms with van der Waals surface area (Å²) in [6, 6.07) is 2.68. The zero-order valence-electron chi connectivity index (χ0n) is 9.58. The van der Waals surface area contributed by atoms with Crippen molar-refractivity contribution < 1.29 is 0 Å². The van der Waals surface area contributed by atoms with Gasteiger partial charge in [0.05, 0.1) is 10.2 Å². The third-order valence-electron chi connectivity index (χ3n) is 3.24. The lowest BCUT2D eigenvalue weighted by molar-refractivity contribution is 0.471. The molecule has 0 bridgehead atoms. The molecule has 1 aromatic rings. The van der Waals surface area contributed by atoms with Crippen molar-refractivity contribution in [3.8, 4) is 0 Å². The molecule has 2 nitrogen and oxygen atoms in total. The number of pyridine rings is 1. The van der Waals surface area contributed by atoms with E-state index in [1.165, 1.54) is 50.6 Å². The molecule has 0 amide bonds. The molecule has 1 aliphatic carbocycles. The molecule has 0 radical (unpaired) electrons. The maximum atomic E-state index is 4.08. The first kappa shape index (κ1) is 11.9. The fourth-order valence-corrected chi connectivity index (χ4v) is 2.68. The largest absolute Gasteiger partial charge is 0.381 e. The Labute approximate surface area is 106 Å². The zero-order chi connectivity index (χ0) is 11.2. The van der Waals surface area contributed by atoms with Crippen LogP contribution in [0.3, 0.4) is 0 Å². The van der Waals surface area contributed by atoms with E-state index < -0.39 is 0 Å². The molecule has 1 N–H and O–H groups in total. The molecular formula is C13H19BrN2. The van der Waals surface area contributed by atoms with Crippen molar-refractivity contribution in [2.45, 2.75) is 51.0 Å². The van der Waals surface area contributed by atoms with Gasteiger partial charge < -0.3 is 5.32 Å². The Morgan fingerprint density at radius 2 is 1.81 bits per heavy atom. The summed E-state index contributed by atoms with van der Waals surface area (Å²) in [6.07, 6.45) is 13.2. The van der Waals surface area contributed by atoms with Crippen molar-refractivity contribution in [1.82, 2.24) is 4.98 Å². The summed E-state index contributed by atoms with van der Waals surface area (Å²) >= 11 is 3.53. The molecule has 0 atom stereocenters. The van der Waals surface area contributed by atoms with Gasteiger partial charge in [0.2, 0.25) is 0 Å². The van der Waals surface area contributed by atoms with Gasteiger partial charge in [-0.05, 0) is 34.8 Å². The second-order valence-corrected chi connectivity index (χ2v) is 5.40. The topological polar surface area (TPSA) is 24.9 Å². The van der Waals surface area contributed by atoms with Gasteiger partial charge in [0.15, 0.2) is 0 Å². The van der Waals surface area contributed by atoms with Crippen molar-refractivity contribution in [3.05, 3.63) is 22.9 Å². The molecule has 0 aliphatic heterocycles. The van der Waals surface area contributed by atoms with Crippen LogP contribution in [0.2, 0.25) is 0 Å². The van der Waals surface area contributed by atoms with Gasteiger partial charge in [-0.25, -0.2) is 0 Å². The van der Waals surface area contributed by atoms with Crippen LogP contribution in [0.5, 0.6) is 0 Å². The lowest BCUT2D eigenvalue weighted by Gasteiger charge is -2.22. The highest BCUT2D eigenvalue weighted by Crippen LogP contribution is 2.25. The molecule has 0 unspecified atom stereocenters. The van der Waals surface area contributed by atoms with Crippen LogP contribution in [0.15, 0.2) is 22.9 Å². The minimum Gasteiger partial charge on any atom is -0.381 e. The van der Waals surface area contributed by atoms with Gasteiger partial charge in [-0.15, -0.1) is 0 Å². The summed E-state index contributed by atoms with van der Waals surface area (Å²) in [5.74, 6) is 0. The predicted molar refractivity (Wildman–Crippen MR) is 71.7 cm³/mol. The van der Waals surface area contributed by atoms with Crippen molar-refractivity contribution >= 4 is 21.6 Å². The fourth-order valence-electron chi connectivity index (χ4n) is 2.31. The fraction of sp³-hybridized carbons (Fsp3) is 0.615. The van der Waals surface area contributed by atoms with E-state index in [1.54, 1.807) is 0 Å². The van der Waals surface area contributed by atoms with Crippen LogP contribution in [-0.2, 0) is 0 Å². The van der Waals surface area contributed by atoms with E-state index >= 15 is 0 Å². The number of aromatic nitrogens is 1. The van der Waals surface area contributed by atoms with Gasteiger partial charge in [-0.3, -0.25) is 4.98 Å². The molecule has 88 valence electrons. The summed E-state index contributed by atoms with van der Waals surface area (Å²) in [5, 5.41) is 3.63. The molecule has 1 heterocycles. The van der Waals surface area contributed by atoms with Gasteiger partial charge in [0.1, 0.15) is 0 Å². The molecule has 3 heteroatoms. The molecule has 16 heavy (non-hydrogen) atoms. The van der Waals surface area contributed by atoms with Crippen molar-refractivity contribution in [2.75, 3.05) is 5.32 Å². The van der Waals surface area contributed by atoms with Gasteiger partial charge in [-0.1, -0.05) is 32.1 Å². The average molecular weight is 283 g/mol. The Bertz CT molecular complexity index is 319. The summed E-state index contributed by atoms with van der Waals surface area (Å²) in [5.41, 5.74) is 1.18. The van der Waals surface area contributed by atoms with Crippen LogP contribution in [0.25, 0.3) is 0 Å². The third-order valence-corrected chi connectivity index (χ3v) is 3.87. The van der Waals surface area contributed by atoms with E-state index in [1.807, 2.05) is 18.5 Å². The van der Waals surface area contributed by atoms with Crippen LogP contribution in [-0.4, -0.2) is 11.0 Å². The molecular weight excluding hydrogens is 264 g/mol. The number of anilines is 1. The second kappa shape index (κ2) is 6.24. The molecule has 1 saturated carbocycles. The molecule has 0 aromatic carbocycles. The normalized spacial score (nSPS) is 18.8. The molecule has 2 rings (SSSR count). The Hall–Kier alpha value is -0.570. The Balaban J connectivity index is 1.94. The summed E-state index contributed by atoms with van der Waals surface area (Å²) in [7, 11) is 0. The molecule has 0 saturated heterocycles. The minimum atomic E-state index is 0.638. The zero-order valence-corrected chi connectivity index (χ0v) is 11.2. The number of halogens is 1. The van der Waals surface area contributed by atoms with E-state index in [0.29, 0.717) is 6.04 Å². The highest BCUT2D eigenvalue weighted by molar-refractivity contribution is 9.10. The van der Waals surface area contributed by atoms with E-state index in [2.05, 4.69) is 26.2 Å². The first-order valence-electron chi connectivity index (χ1n) is 6.22. The van der Waals surface area contributed by atoms with E-state index in [9.17, 15) is 0 Å². The predicted octanol–water partition coefficient (Wildman–Crippen LogP) is 4.37. The second-order valence-electron chi connectivity index (χ2n) is 4.54. The Kier molecular flexibility index (Phi) is 4.64. The van der Waals surface area contributed by atoms with E-state index in [4.69, 9.17) is 0 Å². The van der Waals surface area contributed by atoms with Crippen LogP contribution >= 0.6 is 15.9 Å². The van der Waals surface area contributed by atoms with Crippen LogP contribution in [0.4, 0.5) is 5.69 Å². The number of nitrogens with one attached hydrogen (secondary N) is 1. The summed E-state index contributed by atoms with van der Waals surface area (Å²) in [6.45, 7) is 0. The Morgan fingerprint density at radius 1 is 1.12 bits per heavy atom.